The topological polar surface area (TPSA) is 30.5 Å². The van der Waals surface area contributed by atoms with Gasteiger partial charge in [0.05, 0.1) is 6.61 Å². The fourth-order valence-corrected chi connectivity index (χ4v) is 2.92. The van der Waals surface area contributed by atoms with Gasteiger partial charge in [0.25, 0.3) is 0 Å². The van der Waals surface area contributed by atoms with Crippen LogP contribution in [0, 0.1) is 0 Å². The quantitative estimate of drug-likeness (QED) is 0.484. The Labute approximate surface area is 174 Å². The summed E-state index contributed by atoms with van der Waals surface area (Å²) in [5.74, 6) is 1.57. The van der Waals surface area contributed by atoms with Gasteiger partial charge in [-0.2, -0.15) is 0 Å². The molecule has 3 nitrogen and oxygen atoms in total. The monoisotopic (exact) mass is 397 g/mol. The first-order valence-corrected chi connectivity index (χ1v) is 9.47. The van der Waals surface area contributed by atoms with Gasteiger partial charge in [-0.05, 0) is 42.7 Å². The second kappa shape index (κ2) is 11.4. The van der Waals surface area contributed by atoms with E-state index >= 15 is 0 Å². The SMILES string of the molecule is CCOc1cc(CNC(C)c2ccccc2)ccc1OCc1ccccc1.Cl. The lowest BCUT2D eigenvalue weighted by Crippen LogP contribution is -2.18. The molecule has 28 heavy (non-hydrogen) atoms. The molecule has 0 saturated carbocycles. The highest BCUT2D eigenvalue weighted by molar-refractivity contribution is 5.85. The summed E-state index contributed by atoms with van der Waals surface area (Å²) >= 11 is 0. The lowest BCUT2D eigenvalue weighted by molar-refractivity contribution is 0.269. The third-order valence-corrected chi connectivity index (χ3v) is 4.46. The summed E-state index contributed by atoms with van der Waals surface area (Å²) in [5.41, 5.74) is 3.60. The maximum Gasteiger partial charge on any atom is 0.161 e. The smallest absolute Gasteiger partial charge is 0.161 e. The van der Waals surface area contributed by atoms with Gasteiger partial charge in [0.2, 0.25) is 0 Å². The molecule has 3 aromatic carbocycles. The van der Waals surface area contributed by atoms with Gasteiger partial charge in [-0.1, -0.05) is 66.7 Å². The number of rotatable bonds is 9. The molecule has 3 rings (SSSR count). The van der Waals surface area contributed by atoms with E-state index < -0.39 is 0 Å². The van der Waals surface area contributed by atoms with Crippen LogP contribution in [0.4, 0.5) is 0 Å². The lowest BCUT2D eigenvalue weighted by Gasteiger charge is -2.16. The van der Waals surface area contributed by atoms with Gasteiger partial charge in [-0.25, -0.2) is 0 Å². The van der Waals surface area contributed by atoms with Crippen LogP contribution in [-0.2, 0) is 13.2 Å². The van der Waals surface area contributed by atoms with Gasteiger partial charge in [-0.3, -0.25) is 0 Å². The average Bonchev–Trinajstić information content (AvgIpc) is 2.73. The largest absolute Gasteiger partial charge is 0.490 e. The second-order valence-corrected chi connectivity index (χ2v) is 6.50. The van der Waals surface area contributed by atoms with Crippen molar-refractivity contribution in [3.63, 3.8) is 0 Å². The van der Waals surface area contributed by atoms with Crippen LogP contribution in [0.1, 0.15) is 36.6 Å². The van der Waals surface area contributed by atoms with Crippen LogP contribution in [-0.4, -0.2) is 6.61 Å². The molecule has 1 atom stereocenters. The van der Waals surface area contributed by atoms with Crippen LogP contribution >= 0.6 is 12.4 Å². The molecule has 0 amide bonds. The van der Waals surface area contributed by atoms with Gasteiger partial charge < -0.3 is 14.8 Å². The number of benzene rings is 3. The van der Waals surface area contributed by atoms with E-state index in [2.05, 4.69) is 60.8 Å². The van der Waals surface area contributed by atoms with E-state index in [0.717, 1.165) is 23.6 Å². The number of ether oxygens (including phenoxy) is 2. The Morgan fingerprint density at radius 2 is 1.46 bits per heavy atom. The molecule has 0 aliphatic rings. The Morgan fingerprint density at radius 3 is 2.14 bits per heavy atom. The Balaban J connectivity index is 0.00000280. The van der Waals surface area contributed by atoms with Gasteiger partial charge >= 0.3 is 0 Å². The third-order valence-electron chi connectivity index (χ3n) is 4.46. The highest BCUT2D eigenvalue weighted by Gasteiger charge is 2.09. The summed E-state index contributed by atoms with van der Waals surface area (Å²) < 4.78 is 11.8. The molecule has 0 bridgehead atoms. The van der Waals surface area contributed by atoms with Gasteiger partial charge in [0, 0.05) is 12.6 Å². The predicted octanol–water partition coefficient (Wildman–Crippen LogP) is 5.94. The molecule has 1 N–H and O–H groups in total. The molecule has 148 valence electrons. The summed E-state index contributed by atoms with van der Waals surface area (Å²) in [5, 5.41) is 3.57. The van der Waals surface area contributed by atoms with Crippen LogP contribution in [0.3, 0.4) is 0 Å². The van der Waals surface area contributed by atoms with E-state index in [1.807, 2.05) is 37.3 Å². The molecule has 4 heteroatoms. The molecule has 0 aromatic heterocycles. The lowest BCUT2D eigenvalue weighted by atomic mass is 10.1. The fourth-order valence-electron chi connectivity index (χ4n) is 2.92. The molecule has 0 saturated heterocycles. The number of halogens is 1. The van der Waals surface area contributed by atoms with E-state index in [1.165, 1.54) is 11.1 Å². The zero-order chi connectivity index (χ0) is 18.9. The van der Waals surface area contributed by atoms with Crippen molar-refractivity contribution >= 4 is 12.4 Å². The molecule has 3 aromatic rings. The molecule has 0 spiro atoms. The maximum absolute atomic E-state index is 5.98. The fraction of sp³-hybridized carbons (Fsp3) is 0.250. The zero-order valence-electron chi connectivity index (χ0n) is 16.4. The maximum atomic E-state index is 5.98. The van der Waals surface area contributed by atoms with Crippen molar-refractivity contribution in [3.05, 3.63) is 95.6 Å². The summed E-state index contributed by atoms with van der Waals surface area (Å²) in [6.45, 7) is 6.08. The summed E-state index contributed by atoms with van der Waals surface area (Å²) in [6.07, 6.45) is 0. The predicted molar refractivity (Wildman–Crippen MR) is 117 cm³/mol. The first kappa shape index (κ1) is 21.8. The van der Waals surface area contributed by atoms with Crippen LogP contribution in [0.15, 0.2) is 78.9 Å². The molecule has 0 fully saturated rings. The molecule has 1 unspecified atom stereocenters. The number of hydrogen-bond donors (Lipinski definition) is 1. The normalized spacial score (nSPS) is 11.4. The first-order valence-electron chi connectivity index (χ1n) is 9.47. The van der Waals surface area contributed by atoms with E-state index in [4.69, 9.17) is 9.47 Å². The van der Waals surface area contributed by atoms with E-state index in [9.17, 15) is 0 Å². The Kier molecular flexibility index (Phi) is 8.86. The number of hydrogen-bond acceptors (Lipinski definition) is 3. The van der Waals surface area contributed by atoms with Crippen molar-refractivity contribution in [2.24, 2.45) is 0 Å². The molecule has 0 aliphatic heterocycles. The molecular formula is C24H28ClNO2. The van der Waals surface area contributed by atoms with Crippen molar-refractivity contribution in [2.45, 2.75) is 33.0 Å². The van der Waals surface area contributed by atoms with Crippen molar-refractivity contribution in [3.8, 4) is 11.5 Å². The first-order chi connectivity index (χ1) is 13.3. The Hall–Kier alpha value is -2.49. The van der Waals surface area contributed by atoms with Crippen molar-refractivity contribution < 1.29 is 9.47 Å². The van der Waals surface area contributed by atoms with E-state index in [0.29, 0.717) is 13.2 Å². The summed E-state index contributed by atoms with van der Waals surface area (Å²) in [6, 6.07) is 27.1. The van der Waals surface area contributed by atoms with E-state index in [1.54, 1.807) is 0 Å². The molecule has 0 aliphatic carbocycles. The minimum atomic E-state index is 0. The minimum Gasteiger partial charge on any atom is -0.490 e. The van der Waals surface area contributed by atoms with Crippen LogP contribution in [0.2, 0.25) is 0 Å². The Bertz CT molecular complexity index is 825. The standard InChI is InChI=1S/C24H27NO2.ClH/c1-3-26-24-16-21(17-25-19(2)22-12-8-5-9-13-22)14-15-23(24)27-18-20-10-6-4-7-11-20;/h4-16,19,25H,3,17-18H2,1-2H3;1H. The van der Waals surface area contributed by atoms with E-state index in [-0.39, 0.29) is 18.4 Å². The van der Waals surface area contributed by atoms with Crippen LogP contribution < -0.4 is 14.8 Å². The van der Waals surface area contributed by atoms with Crippen molar-refractivity contribution in [2.75, 3.05) is 6.61 Å². The highest BCUT2D eigenvalue weighted by Crippen LogP contribution is 2.29. The summed E-state index contributed by atoms with van der Waals surface area (Å²) in [7, 11) is 0. The van der Waals surface area contributed by atoms with Crippen molar-refractivity contribution in [1.82, 2.24) is 5.32 Å². The van der Waals surface area contributed by atoms with Crippen LogP contribution in [0.25, 0.3) is 0 Å². The van der Waals surface area contributed by atoms with Gasteiger partial charge in [0.15, 0.2) is 11.5 Å². The molecule has 0 radical (unpaired) electrons. The van der Waals surface area contributed by atoms with Crippen molar-refractivity contribution in [1.29, 1.82) is 0 Å². The molecule has 0 heterocycles. The minimum absolute atomic E-state index is 0. The van der Waals surface area contributed by atoms with Crippen LogP contribution in [0.5, 0.6) is 11.5 Å². The molecular weight excluding hydrogens is 370 g/mol. The van der Waals surface area contributed by atoms with Gasteiger partial charge in [-0.15, -0.1) is 12.4 Å². The summed E-state index contributed by atoms with van der Waals surface area (Å²) in [4.78, 5) is 0. The average molecular weight is 398 g/mol. The van der Waals surface area contributed by atoms with Gasteiger partial charge in [0.1, 0.15) is 6.61 Å². The number of nitrogens with one attached hydrogen (secondary N) is 1. The zero-order valence-corrected chi connectivity index (χ0v) is 17.2. The Morgan fingerprint density at radius 1 is 0.786 bits per heavy atom. The third kappa shape index (κ3) is 6.29. The highest BCUT2D eigenvalue weighted by atomic mass is 35.5. The second-order valence-electron chi connectivity index (χ2n) is 6.50.